The summed E-state index contributed by atoms with van der Waals surface area (Å²) in [5.41, 5.74) is -2.02. The Morgan fingerprint density at radius 2 is 1.45 bits per heavy atom. The lowest BCUT2D eigenvalue weighted by atomic mass is 10.2. The molecule has 0 aliphatic rings. The van der Waals surface area contributed by atoms with Crippen LogP contribution in [0.4, 0.5) is 38.0 Å². The van der Waals surface area contributed by atoms with Crippen LogP contribution in [0.25, 0.3) is 0 Å². The van der Waals surface area contributed by atoms with Gasteiger partial charge in [-0.2, -0.15) is 26.3 Å². The second-order valence-electron chi connectivity index (χ2n) is 5.72. The molecule has 5 nitrogen and oxygen atoms in total. The Kier molecular flexibility index (Phi) is 7.41. The summed E-state index contributed by atoms with van der Waals surface area (Å²) >= 11 is 11.7. The van der Waals surface area contributed by atoms with Gasteiger partial charge in [-0.15, -0.1) is 0 Å². The summed E-state index contributed by atoms with van der Waals surface area (Å²) in [4.78, 5) is 8.74. The van der Waals surface area contributed by atoms with Crippen molar-refractivity contribution in [3.63, 3.8) is 0 Å². The van der Waals surface area contributed by atoms with Gasteiger partial charge in [-0.3, -0.25) is 0 Å². The first-order chi connectivity index (χ1) is 13.4. The van der Waals surface area contributed by atoms with Gasteiger partial charge in [0.2, 0.25) is 0 Å². The molecule has 13 heteroatoms. The molecule has 0 saturated carbocycles. The number of aliphatic hydroxyl groups is 1. The summed E-state index contributed by atoms with van der Waals surface area (Å²) in [6.07, 6.45) is -7.96. The van der Waals surface area contributed by atoms with E-state index in [1.54, 1.807) is 0 Å². The maximum absolute atomic E-state index is 12.7. The number of rotatable bonds is 7. The molecular weight excluding hydrogens is 449 g/mol. The maximum atomic E-state index is 12.7. The number of hydrogen-bond acceptors (Lipinski definition) is 5. The summed E-state index contributed by atoms with van der Waals surface area (Å²) in [7, 11) is 0. The Morgan fingerprint density at radius 3 is 1.93 bits per heavy atom. The fourth-order valence-electron chi connectivity index (χ4n) is 2.30. The van der Waals surface area contributed by atoms with Gasteiger partial charge >= 0.3 is 12.4 Å². The fourth-order valence-corrected chi connectivity index (χ4v) is 2.81. The molecule has 0 fully saturated rings. The number of nitrogens with zero attached hydrogens (tertiary/aromatic N) is 3. The molecule has 0 amide bonds. The molecule has 0 saturated heterocycles. The zero-order valence-corrected chi connectivity index (χ0v) is 16.0. The highest BCUT2D eigenvalue weighted by atomic mass is 35.5. The molecule has 2 heterocycles. The molecule has 0 atom stereocenters. The van der Waals surface area contributed by atoms with E-state index in [0.717, 1.165) is 12.1 Å². The molecule has 0 unspecified atom stereocenters. The van der Waals surface area contributed by atoms with E-state index >= 15 is 0 Å². The van der Waals surface area contributed by atoms with Gasteiger partial charge in [0.1, 0.15) is 11.6 Å². The number of anilines is 2. The molecule has 0 bridgehead atoms. The van der Waals surface area contributed by atoms with Crippen LogP contribution in [-0.4, -0.2) is 41.3 Å². The molecule has 2 aromatic rings. The lowest BCUT2D eigenvalue weighted by molar-refractivity contribution is -0.138. The largest absolute Gasteiger partial charge is 0.417 e. The van der Waals surface area contributed by atoms with Crippen LogP contribution in [0.15, 0.2) is 24.5 Å². The highest BCUT2D eigenvalue weighted by Crippen LogP contribution is 2.34. The molecule has 0 aliphatic carbocycles. The Labute approximate surface area is 171 Å². The fraction of sp³-hybridized carbons (Fsp3) is 0.375. The Morgan fingerprint density at radius 1 is 0.897 bits per heavy atom. The van der Waals surface area contributed by atoms with Crippen molar-refractivity contribution in [2.75, 3.05) is 36.5 Å². The summed E-state index contributed by atoms with van der Waals surface area (Å²) in [6.45, 7) is -0.152. The van der Waals surface area contributed by atoms with Crippen molar-refractivity contribution in [2.45, 2.75) is 12.4 Å². The Bertz CT molecular complexity index is 847. The van der Waals surface area contributed by atoms with Gasteiger partial charge in [0.25, 0.3) is 0 Å². The molecule has 2 rings (SSSR count). The van der Waals surface area contributed by atoms with Crippen LogP contribution in [0.5, 0.6) is 0 Å². The summed E-state index contributed by atoms with van der Waals surface area (Å²) < 4.78 is 76.1. The third kappa shape index (κ3) is 6.25. The molecule has 29 heavy (non-hydrogen) atoms. The normalized spacial score (nSPS) is 12.2. The first-order valence-corrected chi connectivity index (χ1v) is 8.74. The molecule has 0 aromatic carbocycles. The lowest BCUT2D eigenvalue weighted by Gasteiger charge is -2.24. The van der Waals surface area contributed by atoms with E-state index in [9.17, 15) is 31.4 Å². The quantitative estimate of drug-likeness (QED) is 0.582. The number of aromatic nitrogens is 2. The van der Waals surface area contributed by atoms with E-state index in [0.29, 0.717) is 12.4 Å². The SMILES string of the molecule is OCCN(CCNc1ncc(C(F)(F)F)cc1Cl)c1ncc(C(F)(F)F)cc1Cl. The van der Waals surface area contributed by atoms with Gasteiger partial charge in [-0.1, -0.05) is 23.2 Å². The zero-order chi connectivity index (χ0) is 21.8. The predicted octanol–water partition coefficient (Wildman–Crippen LogP) is 4.73. The first kappa shape index (κ1) is 23.3. The van der Waals surface area contributed by atoms with Gasteiger partial charge in [-0.05, 0) is 12.1 Å². The van der Waals surface area contributed by atoms with Crippen LogP contribution in [0.2, 0.25) is 10.0 Å². The van der Waals surface area contributed by atoms with Crippen molar-refractivity contribution in [2.24, 2.45) is 0 Å². The number of halogens is 8. The van der Waals surface area contributed by atoms with Crippen molar-refractivity contribution >= 4 is 34.8 Å². The monoisotopic (exact) mass is 462 g/mol. The Balaban J connectivity index is 2.09. The molecule has 0 radical (unpaired) electrons. The minimum absolute atomic E-state index is 0.00455. The van der Waals surface area contributed by atoms with Gasteiger partial charge in [0.05, 0.1) is 27.8 Å². The lowest BCUT2D eigenvalue weighted by Crippen LogP contribution is -2.33. The van der Waals surface area contributed by atoms with Crippen molar-refractivity contribution in [3.8, 4) is 0 Å². The minimum atomic E-state index is -4.61. The van der Waals surface area contributed by atoms with E-state index in [2.05, 4.69) is 15.3 Å². The average molecular weight is 463 g/mol. The standard InChI is InChI=1S/C16H14Cl2F6N4O/c17-11-5-9(15(19,20)21)7-26-13(11)25-1-2-28(3-4-29)14-12(18)6-10(8-27-14)16(22,23)24/h5-8,29H,1-4H2,(H,25,26). The van der Waals surface area contributed by atoms with E-state index in [-0.39, 0.29) is 47.9 Å². The second-order valence-corrected chi connectivity index (χ2v) is 6.53. The molecule has 0 spiro atoms. The van der Waals surface area contributed by atoms with Crippen molar-refractivity contribution in [1.29, 1.82) is 0 Å². The van der Waals surface area contributed by atoms with Crippen molar-refractivity contribution in [3.05, 3.63) is 45.7 Å². The number of pyridine rings is 2. The van der Waals surface area contributed by atoms with Crippen LogP contribution >= 0.6 is 23.2 Å². The van der Waals surface area contributed by atoms with E-state index < -0.39 is 23.5 Å². The number of hydrogen-bond donors (Lipinski definition) is 2. The van der Waals surface area contributed by atoms with Crippen LogP contribution in [0.3, 0.4) is 0 Å². The zero-order valence-electron chi connectivity index (χ0n) is 14.5. The third-order valence-corrected chi connectivity index (χ3v) is 4.23. The highest BCUT2D eigenvalue weighted by Gasteiger charge is 2.32. The van der Waals surface area contributed by atoms with E-state index in [1.807, 2.05) is 0 Å². The smallest absolute Gasteiger partial charge is 0.395 e. The molecule has 2 N–H and O–H groups in total. The molecule has 2 aromatic heterocycles. The van der Waals surface area contributed by atoms with Gasteiger partial charge < -0.3 is 15.3 Å². The van der Waals surface area contributed by atoms with Crippen LogP contribution in [-0.2, 0) is 12.4 Å². The minimum Gasteiger partial charge on any atom is -0.395 e. The molecule has 0 aliphatic heterocycles. The topological polar surface area (TPSA) is 61.3 Å². The van der Waals surface area contributed by atoms with Crippen LogP contribution in [0.1, 0.15) is 11.1 Å². The van der Waals surface area contributed by atoms with Gasteiger partial charge in [-0.25, -0.2) is 9.97 Å². The van der Waals surface area contributed by atoms with Gasteiger partial charge in [0.15, 0.2) is 0 Å². The van der Waals surface area contributed by atoms with Crippen molar-refractivity contribution in [1.82, 2.24) is 9.97 Å². The summed E-state index contributed by atoms with van der Waals surface area (Å²) in [6, 6.07) is 1.44. The van der Waals surface area contributed by atoms with Crippen LogP contribution < -0.4 is 10.2 Å². The Hall–Kier alpha value is -1.98. The average Bonchev–Trinajstić information content (AvgIpc) is 2.60. The predicted molar refractivity (Wildman–Crippen MR) is 96.3 cm³/mol. The first-order valence-electron chi connectivity index (χ1n) is 7.98. The second kappa shape index (κ2) is 9.23. The number of nitrogens with one attached hydrogen (secondary N) is 1. The third-order valence-electron chi connectivity index (χ3n) is 3.66. The highest BCUT2D eigenvalue weighted by molar-refractivity contribution is 6.33. The summed E-state index contributed by atoms with van der Waals surface area (Å²) in [5.74, 6) is 0.0112. The number of alkyl halides is 6. The van der Waals surface area contributed by atoms with E-state index in [4.69, 9.17) is 23.2 Å². The maximum Gasteiger partial charge on any atom is 0.417 e. The van der Waals surface area contributed by atoms with Gasteiger partial charge in [0, 0.05) is 32.0 Å². The number of aliphatic hydroxyl groups excluding tert-OH is 1. The van der Waals surface area contributed by atoms with Crippen LogP contribution in [0, 0.1) is 0 Å². The van der Waals surface area contributed by atoms with Crippen molar-refractivity contribution < 1.29 is 31.4 Å². The summed E-state index contributed by atoms with van der Waals surface area (Å²) in [5, 5.41) is 11.4. The molecular formula is C16H14Cl2F6N4O. The molecule has 160 valence electrons. The van der Waals surface area contributed by atoms with E-state index in [1.165, 1.54) is 4.90 Å².